The van der Waals surface area contributed by atoms with Crippen LogP contribution in [0.2, 0.25) is 10.0 Å². The number of nitrogens with zero attached hydrogens (tertiary/aromatic N) is 1. The second-order valence-electron chi connectivity index (χ2n) is 5.31. The summed E-state index contributed by atoms with van der Waals surface area (Å²) in [7, 11) is 0. The summed E-state index contributed by atoms with van der Waals surface area (Å²) in [6, 6.07) is 7.59. The zero-order valence-electron chi connectivity index (χ0n) is 12.9. The van der Waals surface area contributed by atoms with Crippen molar-refractivity contribution in [3.8, 4) is 0 Å². The van der Waals surface area contributed by atoms with E-state index in [1.807, 2.05) is 0 Å². The van der Waals surface area contributed by atoms with E-state index in [9.17, 15) is 9.59 Å². The van der Waals surface area contributed by atoms with Gasteiger partial charge < -0.3 is 15.1 Å². The molecule has 2 amide bonds. The number of nitrogens with one attached hydrogen (secondary N) is 3. The number of hydrogen-bond donors (Lipinski definition) is 3. The molecule has 0 spiro atoms. The molecule has 0 aliphatic carbocycles. The first-order valence-corrected chi connectivity index (χ1v) is 8.16. The monoisotopic (exact) mass is 380 g/mol. The Morgan fingerprint density at radius 2 is 2.12 bits per heavy atom. The molecule has 1 aliphatic heterocycles. The highest BCUT2D eigenvalue weighted by atomic mass is 35.5. The summed E-state index contributed by atoms with van der Waals surface area (Å²) in [6.07, 6.45) is 1.50. The number of anilines is 1. The maximum absolute atomic E-state index is 12.1. The minimum atomic E-state index is -0.696. The van der Waals surface area contributed by atoms with E-state index in [2.05, 4.69) is 20.9 Å². The first kappa shape index (κ1) is 17.3. The molecule has 0 bridgehead atoms. The second-order valence-corrected chi connectivity index (χ2v) is 6.13. The van der Waals surface area contributed by atoms with Crippen molar-refractivity contribution < 1.29 is 14.0 Å². The summed E-state index contributed by atoms with van der Waals surface area (Å²) >= 11 is 11.7. The standard InChI is InChI=1S/C16H14Cl2N4O3/c17-11-4-3-9(6-12(11)18)20-14(23)7-13-15(24)22-16(21-13)19-8-10-2-1-5-25-10/h1-6,13H,7-8H2,(H,20,23)(H2,19,21,22,24)/t13-/m1/s1. The van der Waals surface area contributed by atoms with Crippen LogP contribution in [0.5, 0.6) is 0 Å². The molecule has 0 unspecified atom stereocenters. The van der Waals surface area contributed by atoms with Gasteiger partial charge in [0.15, 0.2) is 5.96 Å². The molecular formula is C16H14Cl2N4O3. The van der Waals surface area contributed by atoms with Crippen LogP contribution in [0.3, 0.4) is 0 Å². The predicted octanol–water partition coefficient (Wildman–Crippen LogP) is 2.56. The number of carbonyl (C=O) groups excluding carboxylic acids is 2. The molecule has 1 aromatic heterocycles. The Morgan fingerprint density at radius 3 is 2.84 bits per heavy atom. The maximum atomic E-state index is 12.1. The molecule has 2 aromatic rings. The molecule has 2 heterocycles. The Morgan fingerprint density at radius 1 is 1.28 bits per heavy atom. The number of hydrogen-bond acceptors (Lipinski definition) is 4. The zero-order valence-corrected chi connectivity index (χ0v) is 14.4. The third-order valence-electron chi connectivity index (χ3n) is 3.44. The van der Waals surface area contributed by atoms with Gasteiger partial charge in [-0.15, -0.1) is 0 Å². The van der Waals surface area contributed by atoms with Crippen LogP contribution in [0.15, 0.2) is 46.0 Å². The summed E-state index contributed by atoms with van der Waals surface area (Å²) in [5.41, 5.74) is 0.504. The highest BCUT2D eigenvalue weighted by Crippen LogP contribution is 2.25. The van der Waals surface area contributed by atoms with Gasteiger partial charge in [0.1, 0.15) is 18.3 Å². The lowest BCUT2D eigenvalue weighted by Gasteiger charge is -2.09. The van der Waals surface area contributed by atoms with Gasteiger partial charge in [-0.2, -0.15) is 0 Å². The van der Waals surface area contributed by atoms with E-state index in [4.69, 9.17) is 27.6 Å². The van der Waals surface area contributed by atoms with Crippen molar-refractivity contribution in [3.63, 3.8) is 0 Å². The van der Waals surface area contributed by atoms with E-state index in [0.717, 1.165) is 0 Å². The number of amides is 2. The van der Waals surface area contributed by atoms with E-state index in [0.29, 0.717) is 27.5 Å². The Hall–Kier alpha value is -2.51. The molecule has 1 aliphatic rings. The van der Waals surface area contributed by atoms with Crippen molar-refractivity contribution in [2.45, 2.75) is 19.0 Å². The summed E-state index contributed by atoms with van der Waals surface area (Å²) in [6.45, 7) is 0.289. The van der Waals surface area contributed by atoms with Crippen LogP contribution in [0, 0.1) is 0 Å². The lowest BCUT2D eigenvalue weighted by atomic mass is 10.2. The topological polar surface area (TPSA) is 95.7 Å². The number of aliphatic imine (C=N–C) groups is 1. The Kier molecular flexibility index (Phi) is 5.25. The Labute approximate surface area is 153 Å². The fraction of sp³-hybridized carbons (Fsp3) is 0.188. The highest BCUT2D eigenvalue weighted by molar-refractivity contribution is 6.42. The molecule has 1 aromatic carbocycles. The minimum absolute atomic E-state index is 0.0498. The normalized spacial score (nSPS) is 18.1. The van der Waals surface area contributed by atoms with Crippen LogP contribution in [-0.2, 0) is 16.1 Å². The summed E-state index contributed by atoms with van der Waals surface area (Å²) in [5, 5.41) is 8.88. The third-order valence-corrected chi connectivity index (χ3v) is 4.17. The molecule has 1 saturated heterocycles. The first-order valence-electron chi connectivity index (χ1n) is 7.40. The van der Waals surface area contributed by atoms with Crippen LogP contribution in [0.4, 0.5) is 5.69 Å². The fourth-order valence-corrected chi connectivity index (χ4v) is 2.53. The van der Waals surface area contributed by atoms with E-state index < -0.39 is 6.04 Å². The van der Waals surface area contributed by atoms with Crippen molar-refractivity contribution in [3.05, 3.63) is 52.4 Å². The van der Waals surface area contributed by atoms with Gasteiger partial charge >= 0.3 is 0 Å². The summed E-state index contributed by atoms with van der Waals surface area (Å²) in [4.78, 5) is 28.2. The van der Waals surface area contributed by atoms with E-state index in [1.165, 1.54) is 0 Å². The lowest BCUT2D eigenvalue weighted by Crippen LogP contribution is -2.33. The SMILES string of the molecule is O=C(C[C@H]1NC(=NCc2ccco2)NC1=O)Nc1ccc(Cl)c(Cl)c1. The maximum Gasteiger partial charge on any atom is 0.249 e. The number of guanidine groups is 1. The molecule has 7 nitrogen and oxygen atoms in total. The number of rotatable bonds is 5. The quantitative estimate of drug-likeness (QED) is 0.742. The molecule has 9 heteroatoms. The molecule has 0 saturated carbocycles. The summed E-state index contributed by atoms with van der Waals surface area (Å²) < 4.78 is 5.16. The third kappa shape index (κ3) is 4.52. The van der Waals surface area contributed by atoms with Gasteiger partial charge in [0.2, 0.25) is 11.8 Å². The van der Waals surface area contributed by atoms with Gasteiger partial charge in [0.05, 0.1) is 22.7 Å². The van der Waals surface area contributed by atoms with Crippen molar-refractivity contribution in [2.24, 2.45) is 4.99 Å². The molecule has 1 atom stereocenters. The Bertz CT molecular complexity index is 821. The molecule has 25 heavy (non-hydrogen) atoms. The molecule has 3 N–H and O–H groups in total. The van der Waals surface area contributed by atoms with Gasteiger partial charge in [-0.25, -0.2) is 4.99 Å². The van der Waals surface area contributed by atoms with E-state index in [1.54, 1.807) is 36.6 Å². The molecule has 3 rings (SSSR count). The molecular weight excluding hydrogens is 367 g/mol. The van der Waals surface area contributed by atoms with Gasteiger partial charge in [-0.1, -0.05) is 23.2 Å². The fourth-order valence-electron chi connectivity index (χ4n) is 2.23. The van der Waals surface area contributed by atoms with Crippen molar-refractivity contribution in [1.82, 2.24) is 10.6 Å². The van der Waals surface area contributed by atoms with Crippen LogP contribution in [0.25, 0.3) is 0 Å². The number of benzene rings is 1. The second kappa shape index (κ2) is 7.58. The van der Waals surface area contributed by atoms with Gasteiger partial charge in [-0.3, -0.25) is 14.9 Å². The van der Waals surface area contributed by atoms with Crippen molar-refractivity contribution in [2.75, 3.05) is 5.32 Å². The van der Waals surface area contributed by atoms with E-state index >= 15 is 0 Å². The predicted molar refractivity (Wildman–Crippen MR) is 94.6 cm³/mol. The summed E-state index contributed by atoms with van der Waals surface area (Å²) in [5.74, 6) is 0.332. The smallest absolute Gasteiger partial charge is 0.249 e. The number of furan rings is 1. The van der Waals surface area contributed by atoms with Gasteiger partial charge in [-0.05, 0) is 30.3 Å². The zero-order chi connectivity index (χ0) is 17.8. The molecule has 130 valence electrons. The van der Waals surface area contributed by atoms with Gasteiger partial charge in [0.25, 0.3) is 0 Å². The number of carbonyl (C=O) groups is 2. The molecule has 0 radical (unpaired) electrons. The van der Waals surface area contributed by atoms with E-state index in [-0.39, 0.29) is 24.8 Å². The largest absolute Gasteiger partial charge is 0.467 e. The lowest BCUT2D eigenvalue weighted by molar-refractivity contribution is -0.124. The van der Waals surface area contributed by atoms with Crippen LogP contribution in [0.1, 0.15) is 12.2 Å². The van der Waals surface area contributed by atoms with Gasteiger partial charge in [0, 0.05) is 5.69 Å². The Balaban J connectivity index is 1.55. The van der Waals surface area contributed by atoms with Crippen molar-refractivity contribution >= 4 is 46.7 Å². The first-order chi connectivity index (χ1) is 12.0. The average Bonchev–Trinajstić information content (AvgIpc) is 3.19. The molecule has 1 fully saturated rings. The van der Waals surface area contributed by atoms with Crippen LogP contribution in [-0.4, -0.2) is 23.8 Å². The van der Waals surface area contributed by atoms with Crippen LogP contribution < -0.4 is 16.0 Å². The average molecular weight is 381 g/mol. The highest BCUT2D eigenvalue weighted by Gasteiger charge is 2.30. The van der Waals surface area contributed by atoms with Crippen LogP contribution >= 0.6 is 23.2 Å². The number of halogens is 2. The minimum Gasteiger partial charge on any atom is -0.467 e. The van der Waals surface area contributed by atoms with Crippen molar-refractivity contribution in [1.29, 1.82) is 0 Å².